The summed E-state index contributed by atoms with van der Waals surface area (Å²) in [6.07, 6.45) is 4.67. The van der Waals surface area contributed by atoms with E-state index in [9.17, 15) is 0 Å². The van der Waals surface area contributed by atoms with Crippen molar-refractivity contribution in [2.45, 2.75) is 44.1 Å². The molecule has 0 unspecified atom stereocenters. The molecule has 4 fully saturated rings. The van der Waals surface area contributed by atoms with Crippen LogP contribution in [0.25, 0.3) is 0 Å². The van der Waals surface area contributed by atoms with Gasteiger partial charge in [-0.25, -0.2) is 0 Å². The summed E-state index contributed by atoms with van der Waals surface area (Å²) in [5, 5.41) is 0. The van der Waals surface area contributed by atoms with Crippen molar-refractivity contribution in [2.24, 2.45) is 17.8 Å². The molecule has 0 atom stereocenters. The zero-order valence-electron chi connectivity index (χ0n) is 8.52. The second-order valence-electron chi connectivity index (χ2n) is 5.65. The summed E-state index contributed by atoms with van der Waals surface area (Å²) in [5.74, 6) is 2.53. The highest BCUT2D eigenvalue weighted by Crippen LogP contribution is 2.58. The summed E-state index contributed by atoms with van der Waals surface area (Å²) in [4.78, 5) is 0. The van der Waals surface area contributed by atoms with Crippen molar-refractivity contribution in [1.29, 1.82) is 0 Å². The largest absolute Gasteiger partial charge is 0.494 e. The van der Waals surface area contributed by atoms with Gasteiger partial charge < -0.3 is 4.43 Å². The minimum absolute atomic E-state index is 0.0494. The molecule has 0 aromatic rings. The molecule has 0 heterocycles. The normalized spacial score (nSPS) is 48.6. The summed E-state index contributed by atoms with van der Waals surface area (Å²) >= 11 is 17.8. The maximum absolute atomic E-state index is 5.92. The molecule has 0 radical (unpaired) electrons. The molecule has 5 heteroatoms. The third-order valence-corrected chi connectivity index (χ3v) is 5.67. The molecule has 0 amide bonds. The van der Waals surface area contributed by atoms with E-state index in [0.29, 0.717) is 0 Å². The van der Waals surface area contributed by atoms with Gasteiger partial charge in [-0.2, -0.15) is 0 Å². The molecule has 4 saturated carbocycles. The van der Waals surface area contributed by atoms with Crippen LogP contribution in [-0.2, 0) is 4.43 Å². The van der Waals surface area contributed by atoms with Gasteiger partial charge in [-0.3, -0.25) is 0 Å². The Balaban J connectivity index is 1.81. The highest BCUT2D eigenvalue weighted by molar-refractivity contribution is 7.62. The highest BCUT2D eigenvalue weighted by Gasteiger charge is 2.54. The van der Waals surface area contributed by atoms with Gasteiger partial charge in [0.15, 0.2) is 0 Å². The van der Waals surface area contributed by atoms with E-state index >= 15 is 0 Å². The van der Waals surface area contributed by atoms with Gasteiger partial charge in [-0.15, -0.1) is 0 Å². The molecular formula is C10H15Cl3OSi. The van der Waals surface area contributed by atoms with Crippen molar-refractivity contribution < 1.29 is 4.43 Å². The Hall–Kier alpha value is 1.05. The van der Waals surface area contributed by atoms with Gasteiger partial charge in [0.2, 0.25) is 0 Å². The number of rotatable bonds is 2. The van der Waals surface area contributed by atoms with E-state index in [1.54, 1.807) is 0 Å². The first kappa shape index (κ1) is 11.2. The summed E-state index contributed by atoms with van der Waals surface area (Å²) in [6, 6.07) is 0. The average molecular weight is 286 g/mol. The molecule has 4 bridgehead atoms. The fraction of sp³-hybridized carbons (Fsp3) is 1.00. The van der Waals surface area contributed by atoms with Crippen LogP contribution in [0.4, 0.5) is 0 Å². The Morgan fingerprint density at radius 2 is 1.27 bits per heavy atom. The smallest absolute Gasteiger partial charge is 0.375 e. The van der Waals surface area contributed by atoms with Crippen molar-refractivity contribution >= 4 is 39.5 Å². The Labute approximate surface area is 106 Å². The molecule has 0 aliphatic heterocycles. The van der Waals surface area contributed by atoms with E-state index in [1.807, 2.05) is 0 Å². The number of hydrogen-bond donors (Lipinski definition) is 0. The quantitative estimate of drug-likeness (QED) is 0.548. The molecule has 4 rings (SSSR count). The summed E-state index contributed by atoms with van der Waals surface area (Å²) in [7, 11) is 0. The van der Waals surface area contributed by atoms with E-state index < -0.39 is 6.25 Å². The lowest BCUT2D eigenvalue weighted by molar-refractivity contribution is -0.108. The van der Waals surface area contributed by atoms with Crippen molar-refractivity contribution in [2.75, 3.05) is 0 Å². The maximum Gasteiger partial charge on any atom is 0.494 e. The highest BCUT2D eigenvalue weighted by atomic mass is 35.8. The third-order valence-electron chi connectivity index (χ3n) is 4.31. The van der Waals surface area contributed by atoms with E-state index in [4.69, 9.17) is 37.7 Å². The number of halogens is 3. The van der Waals surface area contributed by atoms with Crippen LogP contribution >= 0.6 is 33.2 Å². The van der Waals surface area contributed by atoms with Crippen LogP contribution in [-0.4, -0.2) is 11.8 Å². The molecule has 0 saturated heterocycles. The van der Waals surface area contributed by atoms with Crippen LogP contribution in [0.3, 0.4) is 0 Å². The van der Waals surface area contributed by atoms with E-state index in [0.717, 1.165) is 37.0 Å². The Morgan fingerprint density at radius 1 is 0.867 bits per heavy atom. The standard InChI is InChI=1S/C10H15Cl3OSi/c11-15(12,13)14-10-4-7-1-8(5-10)3-9(2-7)6-10/h7-9H,1-6H2. The zero-order chi connectivity index (χ0) is 10.7. The van der Waals surface area contributed by atoms with Gasteiger partial charge >= 0.3 is 6.25 Å². The van der Waals surface area contributed by atoms with Crippen LogP contribution in [0.1, 0.15) is 38.5 Å². The summed E-state index contributed by atoms with van der Waals surface area (Å²) in [5.41, 5.74) is -0.0494. The first-order valence-electron chi connectivity index (χ1n) is 5.71. The number of hydrogen-bond acceptors (Lipinski definition) is 1. The summed E-state index contributed by atoms with van der Waals surface area (Å²) in [6.45, 7) is 0. The van der Waals surface area contributed by atoms with E-state index in [-0.39, 0.29) is 5.60 Å². The van der Waals surface area contributed by atoms with Crippen molar-refractivity contribution in [3.8, 4) is 0 Å². The minimum Gasteiger partial charge on any atom is -0.375 e. The second-order valence-corrected chi connectivity index (χ2v) is 13.3. The molecule has 0 aromatic carbocycles. The molecule has 0 aromatic heterocycles. The Kier molecular flexibility index (Phi) is 2.62. The van der Waals surface area contributed by atoms with Crippen LogP contribution in [0.15, 0.2) is 0 Å². The lowest BCUT2D eigenvalue weighted by Crippen LogP contribution is -2.54. The SMILES string of the molecule is Cl[Si](Cl)(Cl)OC12CC3CC(CC(C3)C1)C2. The monoisotopic (exact) mass is 284 g/mol. The molecule has 0 N–H and O–H groups in total. The summed E-state index contributed by atoms with van der Waals surface area (Å²) < 4.78 is 5.87. The predicted octanol–water partition coefficient (Wildman–Crippen LogP) is 4.12. The van der Waals surface area contributed by atoms with Gasteiger partial charge in [-0.05, 0) is 56.3 Å². The molecule has 1 nitrogen and oxygen atoms in total. The average Bonchev–Trinajstić information content (AvgIpc) is 1.94. The van der Waals surface area contributed by atoms with E-state index in [2.05, 4.69) is 0 Å². The maximum atomic E-state index is 5.92. The van der Waals surface area contributed by atoms with Crippen LogP contribution in [0, 0.1) is 17.8 Å². The minimum atomic E-state index is -2.93. The molecular weight excluding hydrogens is 271 g/mol. The lowest BCUT2D eigenvalue weighted by Gasteiger charge is -2.57. The molecule has 0 spiro atoms. The molecule has 4 aliphatic rings. The third kappa shape index (κ3) is 2.21. The Bertz CT molecular complexity index is 241. The van der Waals surface area contributed by atoms with Crippen LogP contribution < -0.4 is 0 Å². The predicted molar refractivity (Wildman–Crippen MR) is 65.3 cm³/mol. The first-order chi connectivity index (χ1) is 6.94. The van der Waals surface area contributed by atoms with Crippen molar-refractivity contribution in [3.05, 3.63) is 0 Å². The van der Waals surface area contributed by atoms with Gasteiger partial charge in [0.05, 0.1) is 5.60 Å². The van der Waals surface area contributed by atoms with Gasteiger partial charge in [0.1, 0.15) is 0 Å². The topological polar surface area (TPSA) is 9.23 Å². The fourth-order valence-corrected chi connectivity index (χ4v) is 6.62. The van der Waals surface area contributed by atoms with Gasteiger partial charge in [-0.1, -0.05) is 33.2 Å². The van der Waals surface area contributed by atoms with E-state index in [1.165, 1.54) is 19.3 Å². The second kappa shape index (κ2) is 3.52. The van der Waals surface area contributed by atoms with Gasteiger partial charge in [0.25, 0.3) is 0 Å². The lowest BCUT2D eigenvalue weighted by atomic mass is 9.54. The Morgan fingerprint density at radius 3 is 1.60 bits per heavy atom. The zero-order valence-corrected chi connectivity index (χ0v) is 11.8. The van der Waals surface area contributed by atoms with Crippen LogP contribution in [0.5, 0.6) is 0 Å². The molecule has 15 heavy (non-hydrogen) atoms. The van der Waals surface area contributed by atoms with Gasteiger partial charge in [0, 0.05) is 0 Å². The molecule has 86 valence electrons. The fourth-order valence-electron chi connectivity index (χ4n) is 4.40. The van der Waals surface area contributed by atoms with Crippen molar-refractivity contribution in [1.82, 2.24) is 0 Å². The van der Waals surface area contributed by atoms with Crippen LogP contribution in [0.2, 0.25) is 0 Å². The molecule has 4 aliphatic carbocycles. The van der Waals surface area contributed by atoms with Crippen molar-refractivity contribution in [3.63, 3.8) is 0 Å². The first-order valence-corrected chi connectivity index (χ1v) is 10.7.